The highest BCUT2D eigenvalue weighted by atomic mass is 16.2. The number of nitrogens with zero attached hydrogens (tertiary/aromatic N) is 3. The fraction of sp³-hybridized carbons (Fsp3) is 0.727. The number of hydrogen-bond acceptors (Lipinski definition) is 4. The molecule has 0 aromatic heterocycles. The molecular formula is C11H20N4O2. The molecule has 0 saturated heterocycles. The summed E-state index contributed by atoms with van der Waals surface area (Å²) in [5.74, 6) is -0.186. The van der Waals surface area contributed by atoms with Crippen molar-refractivity contribution in [1.82, 2.24) is 15.1 Å². The molecule has 0 aliphatic rings. The summed E-state index contributed by atoms with van der Waals surface area (Å²) in [6, 6.07) is 1.98. The van der Waals surface area contributed by atoms with Crippen molar-refractivity contribution in [2.24, 2.45) is 0 Å². The highest BCUT2D eigenvalue weighted by Crippen LogP contribution is 1.91. The quantitative estimate of drug-likeness (QED) is 0.646. The van der Waals surface area contributed by atoms with E-state index in [0.29, 0.717) is 19.5 Å². The van der Waals surface area contributed by atoms with Crippen molar-refractivity contribution in [3.05, 3.63) is 0 Å². The molecule has 0 unspecified atom stereocenters. The lowest BCUT2D eigenvalue weighted by molar-refractivity contribution is -0.131. The zero-order chi connectivity index (χ0) is 13.3. The first-order valence-corrected chi connectivity index (χ1v) is 5.57. The first-order chi connectivity index (χ1) is 8.01. The van der Waals surface area contributed by atoms with Crippen molar-refractivity contribution >= 4 is 11.8 Å². The Morgan fingerprint density at radius 2 is 1.94 bits per heavy atom. The van der Waals surface area contributed by atoms with Gasteiger partial charge in [0, 0.05) is 20.1 Å². The molecule has 0 aromatic carbocycles. The molecule has 0 saturated carbocycles. The molecule has 0 radical (unpaired) electrons. The Balaban J connectivity index is 3.94. The second-order valence-corrected chi connectivity index (χ2v) is 3.85. The number of likely N-dealkylation sites (N-methyl/N-ethyl adjacent to an activating group) is 3. The molecule has 0 spiro atoms. The lowest BCUT2D eigenvalue weighted by atomic mass is 10.4. The van der Waals surface area contributed by atoms with E-state index in [-0.39, 0.29) is 24.9 Å². The maximum absolute atomic E-state index is 11.6. The van der Waals surface area contributed by atoms with E-state index in [1.165, 1.54) is 4.90 Å². The maximum Gasteiger partial charge on any atom is 0.236 e. The van der Waals surface area contributed by atoms with Crippen LogP contribution in [0, 0.1) is 11.3 Å². The molecule has 0 heterocycles. The lowest BCUT2D eigenvalue weighted by Gasteiger charge is -2.20. The van der Waals surface area contributed by atoms with Crippen LogP contribution in [-0.4, -0.2) is 61.9 Å². The zero-order valence-corrected chi connectivity index (χ0v) is 10.7. The van der Waals surface area contributed by atoms with Gasteiger partial charge in [0.1, 0.15) is 0 Å². The Morgan fingerprint density at radius 3 is 2.47 bits per heavy atom. The Morgan fingerprint density at radius 1 is 1.29 bits per heavy atom. The third-order valence-corrected chi connectivity index (χ3v) is 2.18. The van der Waals surface area contributed by atoms with Gasteiger partial charge in [0.05, 0.1) is 25.6 Å². The van der Waals surface area contributed by atoms with Crippen molar-refractivity contribution in [2.45, 2.75) is 13.3 Å². The van der Waals surface area contributed by atoms with E-state index >= 15 is 0 Å². The van der Waals surface area contributed by atoms with Gasteiger partial charge in [-0.05, 0) is 14.0 Å². The average molecular weight is 240 g/mol. The van der Waals surface area contributed by atoms with Crippen LogP contribution in [0.25, 0.3) is 0 Å². The largest absolute Gasteiger partial charge is 0.355 e. The van der Waals surface area contributed by atoms with E-state index in [0.717, 1.165) is 0 Å². The van der Waals surface area contributed by atoms with Crippen LogP contribution in [-0.2, 0) is 9.59 Å². The summed E-state index contributed by atoms with van der Waals surface area (Å²) in [5, 5.41) is 11.1. The van der Waals surface area contributed by atoms with Gasteiger partial charge >= 0.3 is 0 Å². The molecule has 0 bridgehead atoms. The monoisotopic (exact) mass is 240 g/mol. The molecule has 0 fully saturated rings. The summed E-state index contributed by atoms with van der Waals surface area (Å²) in [6.45, 7) is 3.23. The van der Waals surface area contributed by atoms with Gasteiger partial charge in [0.2, 0.25) is 11.8 Å². The van der Waals surface area contributed by atoms with Gasteiger partial charge in [0.15, 0.2) is 0 Å². The topological polar surface area (TPSA) is 76.4 Å². The molecule has 17 heavy (non-hydrogen) atoms. The van der Waals surface area contributed by atoms with Crippen LogP contribution in [0.1, 0.15) is 13.3 Å². The molecule has 0 atom stereocenters. The van der Waals surface area contributed by atoms with E-state index in [1.807, 2.05) is 13.0 Å². The number of amides is 2. The van der Waals surface area contributed by atoms with Crippen LogP contribution in [0.5, 0.6) is 0 Å². The summed E-state index contributed by atoms with van der Waals surface area (Å²) in [6.07, 6.45) is 0.322. The molecular weight excluding hydrogens is 220 g/mol. The highest BCUT2D eigenvalue weighted by molar-refractivity contribution is 5.81. The predicted molar refractivity (Wildman–Crippen MR) is 64.0 cm³/mol. The fourth-order valence-corrected chi connectivity index (χ4v) is 1.25. The van der Waals surface area contributed by atoms with Gasteiger partial charge in [-0.2, -0.15) is 5.26 Å². The van der Waals surface area contributed by atoms with Crippen LogP contribution in [0.15, 0.2) is 0 Å². The third kappa shape index (κ3) is 7.30. The minimum absolute atomic E-state index is 0.0907. The van der Waals surface area contributed by atoms with Gasteiger partial charge < -0.3 is 10.2 Å². The van der Waals surface area contributed by atoms with Gasteiger partial charge in [-0.15, -0.1) is 0 Å². The Labute approximate surface area is 102 Å². The molecule has 0 aliphatic carbocycles. The average Bonchev–Trinajstić information content (AvgIpc) is 2.25. The third-order valence-electron chi connectivity index (χ3n) is 2.18. The van der Waals surface area contributed by atoms with E-state index in [4.69, 9.17) is 5.26 Å². The molecule has 0 aliphatic heterocycles. The first kappa shape index (κ1) is 15.4. The number of carbonyl (C=O) groups excluding carboxylic acids is 2. The molecule has 1 N–H and O–H groups in total. The van der Waals surface area contributed by atoms with Crippen molar-refractivity contribution in [3.8, 4) is 6.07 Å². The maximum atomic E-state index is 11.6. The Bertz CT molecular complexity index is 298. The van der Waals surface area contributed by atoms with E-state index < -0.39 is 0 Å². The van der Waals surface area contributed by atoms with Crippen LogP contribution < -0.4 is 5.32 Å². The van der Waals surface area contributed by atoms with Crippen molar-refractivity contribution in [1.29, 1.82) is 5.26 Å². The summed E-state index contributed by atoms with van der Waals surface area (Å²) in [4.78, 5) is 26.0. The van der Waals surface area contributed by atoms with Crippen molar-refractivity contribution < 1.29 is 9.59 Å². The molecule has 0 aromatic rings. The van der Waals surface area contributed by atoms with Crippen molar-refractivity contribution in [3.63, 3.8) is 0 Å². The first-order valence-electron chi connectivity index (χ1n) is 5.57. The van der Waals surface area contributed by atoms with Gasteiger partial charge in [-0.1, -0.05) is 0 Å². The smallest absolute Gasteiger partial charge is 0.236 e. The minimum Gasteiger partial charge on any atom is -0.355 e. The minimum atomic E-state index is -0.0949. The summed E-state index contributed by atoms with van der Waals surface area (Å²) in [5.41, 5.74) is 0. The van der Waals surface area contributed by atoms with Gasteiger partial charge in [-0.25, -0.2) is 0 Å². The molecule has 0 rings (SSSR count). The Kier molecular flexibility index (Phi) is 7.72. The summed E-state index contributed by atoms with van der Waals surface area (Å²) < 4.78 is 0. The second-order valence-electron chi connectivity index (χ2n) is 3.85. The van der Waals surface area contributed by atoms with Crippen LogP contribution in [0.2, 0.25) is 0 Å². The SMILES string of the molecule is CCNC(=O)CN(C)CC(=O)N(C)CCC#N. The van der Waals surface area contributed by atoms with Crippen LogP contribution >= 0.6 is 0 Å². The zero-order valence-electron chi connectivity index (χ0n) is 10.7. The normalized spacial score (nSPS) is 9.82. The number of carbonyl (C=O) groups is 2. The standard InChI is InChI=1S/C11H20N4O2/c1-4-13-10(16)8-14(2)9-11(17)15(3)7-5-6-12/h4-5,7-9H2,1-3H3,(H,13,16). The molecule has 96 valence electrons. The molecule has 6 heteroatoms. The van der Waals surface area contributed by atoms with E-state index in [2.05, 4.69) is 5.32 Å². The van der Waals surface area contributed by atoms with Crippen LogP contribution in [0.4, 0.5) is 0 Å². The lowest BCUT2D eigenvalue weighted by Crippen LogP contribution is -2.41. The number of nitrogens with one attached hydrogen (secondary N) is 1. The number of hydrogen-bond donors (Lipinski definition) is 1. The van der Waals surface area contributed by atoms with E-state index in [9.17, 15) is 9.59 Å². The summed E-state index contributed by atoms with van der Waals surface area (Å²) in [7, 11) is 3.37. The summed E-state index contributed by atoms with van der Waals surface area (Å²) >= 11 is 0. The highest BCUT2D eigenvalue weighted by Gasteiger charge is 2.13. The second kappa shape index (κ2) is 8.53. The Hall–Kier alpha value is -1.61. The fourth-order valence-electron chi connectivity index (χ4n) is 1.25. The molecule has 6 nitrogen and oxygen atoms in total. The number of rotatable bonds is 7. The van der Waals surface area contributed by atoms with Gasteiger partial charge in [0.25, 0.3) is 0 Å². The molecule has 2 amide bonds. The predicted octanol–water partition coefficient (Wildman–Crippen LogP) is -0.574. The number of nitriles is 1. The van der Waals surface area contributed by atoms with Gasteiger partial charge in [-0.3, -0.25) is 14.5 Å². The van der Waals surface area contributed by atoms with Crippen LogP contribution in [0.3, 0.4) is 0 Å². The van der Waals surface area contributed by atoms with E-state index in [1.54, 1.807) is 19.0 Å². The van der Waals surface area contributed by atoms with Crippen molar-refractivity contribution in [2.75, 3.05) is 40.3 Å².